The Kier molecular flexibility index (Phi) is 4.99. The van der Waals surface area contributed by atoms with E-state index in [1.807, 2.05) is 0 Å². The van der Waals surface area contributed by atoms with Crippen molar-refractivity contribution in [3.63, 3.8) is 0 Å². The molecule has 2 rings (SSSR count). The summed E-state index contributed by atoms with van der Waals surface area (Å²) in [6, 6.07) is 2.44. The molecule has 0 aromatic heterocycles. The van der Waals surface area contributed by atoms with E-state index < -0.39 is 16.7 Å². The molecular weight excluding hydrogens is 322 g/mol. The van der Waals surface area contributed by atoms with E-state index in [1.54, 1.807) is 0 Å². The Labute approximate surface area is 136 Å². The Bertz CT molecular complexity index is 729. The minimum atomic E-state index is -0.682. The van der Waals surface area contributed by atoms with Gasteiger partial charge in [-0.25, -0.2) is 0 Å². The molecule has 10 nitrogen and oxygen atoms in total. The summed E-state index contributed by atoms with van der Waals surface area (Å²) in [6.07, 6.45) is 1.01. The Morgan fingerprint density at radius 3 is 2.42 bits per heavy atom. The van der Waals surface area contributed by atoms with Crippen LogP contribution in [0.2, 0.25) is 0 Å². The van der Waals surface area contributed by atoms with Gasteiger partial charge in [-0.05, 0) is 0 Å². The average Bonchev–Trinajstić information content (AvgIpc) is 2.82. The summed E-state index contributed by atoms with van der Waals surface area (Å²) in [5, 5.41) is 22.7. The SMILES string of the molecule is COc1cc(NC2=CC(=O)N(CCO)C2=O)c([N+](=O)[O-])cc1OC. The standard InChI is InChI=1S/C14H15N3O7/c1-23-11-5-8(10(17(21)22)7-12(11)24-2)15-9-6-13(19)16(3-4-18)14(9)20/h5-7,15,18H,3-4H2,1-2H3. The van der Waals surface area contributed by atoms with Crippen LogP contribution < -0.4 is 14.8 Å². The van der Waals surface area contributed by atoms with Crippen molar-refractivity contribution in [2.24, 2.45) is 0 Å². The van der Waals surface area contributed by atoms with Crippen LogP contribution in [0.5, 0.6) is 11.5 Å². The van der Waals surface area contributed by atoms with E-state index in [-0.39, 0.29) is 41.7 Å². The number of β-amino-alcohol motifs (C(OH)–C–C–N with tert-alkyl or cyclic N) is 1. The molecule has 0 bridgehead atoms. The summed E-state index contributed by atoms with van der Waals surface area (Å²) >= 11 is 0. The number of amides is 2. The normalized spacial score (nSPS) is 13.8. The van der Waals surface area contributed by atoms with E-state index in [0.717, 1.165) is 17.0 Å². The first-order valence-electron chi connectivity index (χ1n) is 6.78. The molecule has 0 radical (unpaired) electrons. The molecule has 2 N–H and O–H groups in total. The van der Waals surface area contributed by atoms with E-state index in [9.17, 15) is 19.7 Å². The highest BCUT2D eigenvalue weighted by Crippen LogP contribution is 2.38. The smallest absolute Gasteiger partial charge is 0.296 e. The van der Waals surface area contributed by atoms with Gasteiger partial charge in [0.1, 0.15) is 11.4 Å². The molecule has 24 heavy (non-hydrogen) atoms. The van der Waals surface area contributed by atoms with E-state index in [2.05, 4.69) is 5.32 Å². The fraction of sp³-hybridized carbons (Fsp3) is 0.286. The highest BCUT2D eigenvalue weighted by atomic mass is 16.6. The molecular formula is C14H15N3O7. The third-order valence-corrected chi connectivity index (χ3v) is 3.30. The van der Waals surface area contributed by atoms with Gasteiger partial charge < -0.3 is 19.9 Å². The Morgan fingerprint density at radius 2 is 1.88 bits per heavy atom. The maximum absolute atomic E-state index is 12.1. The molecule has 2 amide bonds. The molecule has 0 unspecified atom stereocenters. The summed E-state index contributed by atoms with van der Waals surface area (Å²) in [6.45, 7) is -0.539. The van der Waals surface area contributed by atoms with Gasteiger partial charge in [0, 0.05) is 12.1 Å². The number of aliphatic hydroxyl groups is 1. The van der Waals surface area contributed by atoms with Gasteiger partial charge in [0.25, 0.3) is 17.5 Å². The number of rotatable bonds is 7. The monoisotopic (exact) mass is 337 g/mol. The molecule has 0 atom stereocenters. The summed E-state index contributed by atoms with van der Waals surface area (Å²) in [5.41, 5.74) is -0.519. The van der Waals surface area contributed by atoms with Crippen molar-refractivity contribution in [3.05, 3.63) is 34.0 Å². The topological polar surface area (TPSA) is 131 Å². The number of hydrogen-bond donors (Lipinski definition) is 2. The molecule has 1 aromatic rings. The fourth-order valence-corrected chi connectivity index (χ4v) is 2.17. The number of carbonyl (C=O) groups is 2. The van der Waals surface area contributed by atoms with E-state index in [0.29, 0.717) is 0 Å². The van der Waals surface area contributed by atoms with Crippen molar-refractivity contribution in [2.45, 2.75) is 0 Å². The Hall–Kier alpha value is -3.14. The van der Waals surface area contributed by atoms with Crippen molar-refractivity contribution >= 4 is 23.2 Å². The van der Waals surface area contributed by atoms with Gasteiger partial charge in [0.2, 0.25) is 0 Å². The second kappa shape index (κ2) is 6.96. The number of anilines is 1. The van der Waals surface area contributed by atoms with Crippen molar-refractivity contribution in [2.75, 3.05) is 32.7 Å². The minimum Gasteiger partial charge on any atom is -0.493 e. The summed E-state index contributed by atoms with van der Waals surface area (Å²) in [5.74, 6) is -0.924. The highest BCUT2D eigenvalue weighted by Gasteiger charge is 2.32. The first kappa shape index (κ1) is 17.2. The third kappa shape index (κ3) is 3.13. The molecule has 1 aliphatic heterocycles. The number of hydrogen-bond acceptors (Lipinski definition) is 8. The number of carbonyl (C=O) groups excluding carboxylic acids is 2. The largest absolute Gasteiger partial charge is 0.493 e. The molecule has 1 heterocycles. The van der Waals surface area contributed by atoms with Crippen LogP contribution in [-0.4, -0.2) is 54.1 Å². The number of nitrogens with zero attached hydrogens (tertiary/aromatic N) is 2. The molecule has 10 heteroatoms. The fourth-order valence-electron chi connectivity index (χ4n) is 2.17. The predicted octanol–water partition coefficient (Wildman–Crippen LogP) is 0.269. The van der Waals surface area contributed by atoms with Crippen molar-refractivity contribution in [3.8, 4) is 11.5 Å². The lowest BCUT2D eigenvalue weighted by molar-refractivity contribution is -0.384. The lowest BCUT2D eigenvalue weighted by atomic mass is 10.2. The zero-order chi connectivity index (χ0) is 17.9. The Balaban J connectivity index is 2.39. The second-order valence-corrected chi connectivity index (χ2v) is 4.68. The molecule has 128 valence electrons. The molecule has 0 saturated heterocycles. The third-order valence-electron chi connectivity index (χ3n) is 3.30. The number of nitro groups is 1. The predicted molar refractivity (Wildman–Crippen MR) is 81.7 cm³/mol. The van der Waals surface area contributed by atoms with Gasteiger partial charge in [-0.2, -0.15) is 0 Å². The molecule has 0 aliphatic carbocycles. The quantitative estimate of drug-likeness (QED) is 0.412. The van der Waals surface area contributed by atoms with Crippen LogP contribution in [0.3, 0.4) is 0 Å². The van der Waals surface area contributed by atoms with Gasteiger partial charge >= 0.3 is 0 Å². The highest BCUT2D eigenvalue weighted by molar-refractivity contribution is 6.17. The van der Waals surface area contributed by atoms with E-state index >= 15 is 0 Å². The van der Waals surface area contributed by atoms with Crippen LogP contribution in [-0.2, 0) is 9.59 Å². The summed E-state index contributed by atoms with van der Waals surface area (Å²) in [4.78, 5) is 35.2. The first-order chi connectivity index (χ1) is 11.4. The van der Waals surface area contributed by atoms with Gasteiger partial charge in [-0.15, -0.1) is 0 Å². The number of imide groups is 1. The number of nitrogens with one attached hydrogen (secondary N) is 1. The van der Waals surface area contributed by atoms with Crippen LogP contribution in [0.4, 0.5) is 11.4 Å². The van der Waals surface area contributed by atoms with Crippen LogP contribution >= 0.6 is 0 Å². The molecule has 0 fully saturated rings. The van der Waals surface area contributed by atoms with Gasteiger partial charge in [0.05, 0.1) is 38.4 Å². The first-order valence-corrected chi connectivity index (χ1v) is 6.78. The van der Waals surface area contributed by atoms with Gasteiger partial charge in [0.15, 0.2) is 11.5 Å². The number of ether oxygens (including phenoxy) is 2. The maximum Gasteiger partial charge on any atom is 0.296 e. The average molecular weight is 337 g/mol. The number of aliphatic hydroxyl groups excluding tert-OH is 1. The Morgan fingerprint density at radius 1 is 1.25 bits per heavy atom. The number of benzene rings is 1. The van der Waals surface area contributed by atoms with Crippen LogP contribution in [0.15, 0.2) is 23.9 Å². The molecule has 1 aromatic carbocycles. The minimum absolute atomic E-state index is 0.0316. The van der Waals surface area contributed by atoms with Crippen LogP contribution in [0, 0.1) is 10.1 Å². The van der Waals surface area contributed by atoms with Crippen LogP contribution in [0.25, 0.3) is 0 Å². The zero-order valence-corrected chi connectivity index (χ0v) is 12.9. The van der Waals surface area contributed by atoms with E-state index in [1.165, 1.54) is 20.3 Å². The number of methoxy groups -OCH3 is 2. The zero-order valence-electron chi connectivity index (χ0n) is 12.9. The summed E-state index contributed by atoms with van der Waals surface area (Å²) in [7, 11) is 2.70. The summed E-state index contributed by atoms with van der Waals surface area (Å²) < 4.78 is 10.1. The molecule has 1 aliphatic rings. The molecule has 0 saturated carbocycles. The second-order valence-electron chi connectivity index (χ2n) is 4.68. The van der Waals surface area contributed by atoms with Crippen molar-refractivity contribution in [1.29, 1.82) is 0 Å². The maximum atomic E-state index is 12.1. The lowest BCUT2D eigenvalue weighted by Gasteiger charge is -2.14. The molecule has 0 spiro atoms. The number of nitro benzene ring substituents is 1. The van der Waals surface area contributed by atoms with E-state index in [4.69, 9.17) is 14.6 Å². The lowest BCUT2D eigenvalue weighted by Crippen LogP contribution is -2.34. The van der Waals surface area contributed by atoms with Crippen molar-refractivity contribution in [1.82, 2.24) is 4.90 Å². The van der Waals surface area contributed by atoms with Gasteiger partial charge in [-0.3, -0.25) is 24.6 Å². The van der Waals surface area contributed by atoms with Crippen LogP contribution in [0.1, 0.15) is 0 Å². The van der Waals surface area contributed by atoms with Crippen molar-refractivity contribution < 1.29 is 29.1 Å². The van der Waals surface area contributed by atoms with Gasteiger partial charge in [-0.1, -0.05) is 0 Å².